The van der Waals surface area contributed by atoms with Gasteiger partial charge in [0.05, 0.1) is 10.6 Å². The first-order valence-corrected chi connectivity index (χ1v) is 9.89. The van der Waals surface area contributed by atoms with Crippen LogP contribution in [0.1, 0.15) is 26.7 Å². The molecule has 0 radical (unpaired) electrons. The number of nitrogens with zero attached hydrogens (tertiary/aromatic N) is 6. The fourth-order valence-electron chi connectivity index (χ4n) is 3.19. The fraction of sp³-hybridized carbons (Fsp3) is 0.562. The van der Waals surface area contributed by atoms with Crippen molar-refractivity contribution in [3.05, 3.63) is 30.6 Å². The lowest BCUT2D eigenvalue weighted by molar-refractivity contribution is 0.140. The monoisotopic (exact) mass is 364 g/mol. The molecule has 0 unspecified atom stereocenters. The third kappa shape index (κ3) is 3.73. The molecule has 3 rings (SSSR count). The molecule has 25 heavy (non-hydrogen) atoms. The minimum Gasteiger partial charge on any atom is -0.301 e. The van der Waals surface area contributed by atoms with Crippen LogP contribution in [0.3, 0.4) is 0 Å². The van der Waals surface area contributed by atoms with Crippen molar-refractivity contribution in [3.63, 3.8) is 0 Å². The van der Waals surface area contributed by atoms with Gasteiger partial charge in [0.15, 0.2) is 0 Å². The van der Waals surface area contributed by atoms with Crippen molar-refractivity contribution in [3.8, 4) is 5.69 Å². The topological polar surface area (TPSA) is 84.2 Å². The minimum atomic E-state index is -3.56. The van der Waals surface area contributed by atoms with Crippen molar-refractivity contribution in [2.45, 2.75) is 43.7 Å². The van der Waals surface area contributed by atoms with Gasteiger partial charge in [0.2, 0.25) is 10.0 Å². The molecule has 2 heterocycles. The maximum atomic E-state index is 13.0. The molecule has 0 atom stereocenters. The standard InChI is InChI=1S/C16H24N6O2S/c1-13(2)21-9-7-14(8-10-21)20(3)25(23,24)16-6-4-5-15(11-16)22-12-17-18-19-22/h4-6,11-14H,7-10H2,1-3H3. The zero-order valence-corrected chi connectivity index (χ0v) is 15.6. The number of aromatic nitrogens is 4. The summed E-state index contributed by atoms with van der Waals surface area (Å²) >= 11 is 0. The molecule has 0 aliphatic carbocycles. The first-order chi connectivity index (χ1) is 11.9. The first kappa shape index (κ1) is 18.0. The lowest BCUT2D eigenvalue weighted by Crippen LogP contribution is -2.47. The average molecular weight is 364 g/mol. The molecular formula is C16H24N6O2S. The second kappa shape index (κ2) is 7.19. The van der Waals surface area contributed by atoms with Gasteiger partial charge in [-0.25, -0.2) is 13.1 Å². The molecule has 0 bridgehead atoms. The Bertz CT molecular complexity index is 798. The largest absolute Gasteiger partial charge is 0.301 e. The Morgan fingerprint density at radius 1 is 1.24 bits per heavy atom. The van der Waals surface area contributed by atoms with Crippen molar-refractivity contribution in [1.82, 2.24) is 29.4 Å². The van der Waals surface area contributed by atoms with Gasteiger partial charge in [0.25, 0.3) is 0 Å². The van der Waals surface area contributed by atoms with E-state index in [1.54, 1.807) is 31.3 Å². The van der Waals surface area contributed by atoms with Crippen LogP contribution in [-0.2, 0) is 10.0 Å². The van der Waals surface area contributed by atoms with E-state index in [0.717, 1.165) is 25.9 Å². The molecule has 8 nitrogen and oxygen atoms in total. The highest BCUT2D eigenvalue weighted by atomic mass is 32.2. The number of likely N-dealkylation sites (tertiary alicyclic amines) is 1. The third-order valence-corrected chi connectivity index (χ3v) is 6.76. The Morgan fingerprint density at radius 2 is 1.96 bits per heavy atom. The normalized spacial score (nSPS) is 17.5. The zero-order valence-electron chi connectivity index (χ0n) is 14.8. The summed E-state index contributed by atoms with van der Waals surface area (Å²) in [6.07, 6.45) is 3.14. The van der Waals surface area contributed by atoms with Gasteiger partial charge in [-0.3, -0.25) is 0 Å². The summed E-state index contributed by atoms with van der Waals surface area (Å²) in [5.41, 5.74) is 0.620. The molecule has 1 aromatic carbocycles. The molecule has 2 aromatic rings. The van der Waals surface area contributed by atoms with E-state index in [0.29, 0.717) is 11.7 Å². The Kier molecular flexibility index (Phi) is 5.16. The number of hydrogen-bond donors (Lipinski definition) is 0. The summed E-state index contributed by atoms with van der Waals surface area (Å²) in [7, 11) is -1.88. The molecule has 136 valence electrons. The highest BCUT2D eigenvalue weighted by Crippen LogP contribution is 2.24. The number of piperidine rings is 1. The Morgan fingerprint density at radius 3 is 2.56 bits per heavy atom. The third-order valence-electron chi connectivity index (χ3n) is 4.85. The number of rotatable bonds is 5. The highest BCUT2D eigenvalue weighted by molar-refractivity contribution is 7.89. The second-order valence-corrected chi connectivity index (χ2v) is 8.63. The van der Waals surface area contributed by atoms with Gasteiger partial charge in [-0.1, -0.05) is 6.07 Å². The molecule has 1 saturated heterocycles. The van der Waals surface area contributed by atoms with Crippen molar-refractivity contribution in [2.24, 2.45) is 0 Å². The Labute approximate surface area is 148 Å². The summed E-state index contributed by atoms with van der Waals surface area (Å²) in [6.45, 7) is 6.19. The lowest BCUT2D eigenvalue weighted by Gasteiger charge is -2.38. The summed E-state index contributed by atoms with van der Waals surface area (Å²) < 4.78 is 29.0. The second-order valence-electron chi connectivity index (χ2n) is 6.63. The van der Waals surface area contributed by atoms with Gasteiger partial charge < -0.3 is 4.90 Å². The Balaban J connectivity index is 1.79. The zero-order chi connectivity index (χ0) is 18.0. The number of sulfonamides is 1. The van der Waals surface area contributed by atoms with E-state index < -0.39 is 10.0 Å². The molecule has 0 amide bonds. The van der Waals surface area contributed by atoms with Crippen LogP contribution in [0.4, 0.5) is 0 Å². The van der Waals surface area contributed by atoms with Crippen LogP contribution in [-0.4, -0.2) is 70.1 Å². The predicted molar refractivity (Wildman–Crippen MR) is 93.8 cm³/mol. The lowest BCUT2D eigenvalue weighted by atomic mass is 10.0. The molecule has 1 fully saturated rings. The van der Waals surface area contributed by atoms with Gasteiger partial charge in [-0.15, -0.1) is 5.10 Å². The van der Waals surface area contributed by atoms with Crippen LogP contribution >= 0.6 is 0 Å². The summed E-state index contributed by atoms with van der Waals surface area (Å²) in [5, 5.41) is 11.0. The molecule has 0 saturated carbocycles. The average Bonchev–Trinajstić information content (AvgIpc) is 3.16. The van der Waals surface area contributed by atoms with Gasteiger partial charge in [-0.05, 0) is 68.4 Å². The fourth-order valence-corrected chi connectivity index (χ4v) is 4.65. The van der Waals surface area contributed by atoms with Crippen LogP contribution in [0, 0.1) is 0 Å². The van der Waals surface area contributed by atoms with Crippen LogP contribution in [0.2, 0.25) is 0 Å². The first-order valence-electron chi connectivity index (χ1n) is 8.45. The van der Waals surface area contributed by atoms with E-state index in [9.17, 15) is 8.42 Å². The van der Waals surface area contributed by atoms with E-state index >= 15 is 0 Å². The minimum absolute atomic E-state index is 0.0247. The maximum Gasteiger partial charge on any atom is 0.243 e. The van der Waals surface area contributed by atoms with E-state index in [4.69, 9.17) is 0 Å². The van der Waals surface area contributed by atoms with Crippen molar-refractivity contribution < 1.29 is 8.42 Å². The highest BCUT2D eigenvalue weighted by Gasteiger charge is 2.31. The van der Waals surface area contributed by atoms with E-state index in [1.807, 2.05) is 0 Å². The van der Waals surface area contributed by atoms with Crippen LogP contribution in [0.5, 0.6) is 0 Å². The maximum absolute atomic E-state index is 13.0. The molecular weight excluding hydrogens is 340 g/mol. The number of benzene rings is 1. The summed E-state index contributed by atoms with van der Waals surface area (Å²) in [6, 6.07) is 7.22. The SMILES string of the molecule is CC(C)N1CCC(N(C)S(=O)(=O)c2cccc(-n3cnnn3)c2)CC1. The summed E-state index contributed by atoms with van der Waals surface area (Å²) in [5.74, 6) is 0. The van der Waals surface area contributed by atoms with Gasteiger partial charge in [0, 0.05) is 19.1 Å². The van der Waals surface area contributed by atoms with Crippen molar-refractivity contribution in [2.75, 3.05) is 20.1 Å². The van der Waals surface area contributed by atoms with Crippen molar-refractivity contribution >= 4 is 10.0 Å². The van der Waals surface area contributed by atoms with E-state index in [1.165, 1.54) is 15.3 Å². The van der Waals surface area contributed by atoms with E-state index in [2.05, 4.69) is 34.3 Å². The molecule has 0 spiro atoms. The molecule has 1 aromatic heterocycles. The quantitative estimate of drug-likeness (QED) is 0.791. The molecule has 9 heteroatoms. The summed E-state index contributed by atoms with van der Waals surface area (Å²) in [4.78, 5) is 2.64. The van der Waals surface area contributed by atoms with Gasteiger partial charge >= 0.3 is 0 Å². The molecule has 1 aliphatic heterocycles. The predicted octanol–water partition coefficient (Wildman–Crippen LogP) is 1.16. The molecule has 0 N–H and O–H groups in total. The molecule has 1 aliphatic rings. The van der Waals surface area contributed by atoms with Gasteiger partial charge in [-0.2, -0.15) is 4.31 Å². The van der Waals surface area contributed by atoms with Gasteiger partial charge in [0.1, 0.15) is 6.33 Å². The number of hydrogen-bond acceptors (Lipinski definition) is 6. The van der Waals surface area contributed by atoms with E-state index in [-0.39, 0.29) is 10.9 Å². The number of tetrazole rings is 1. The Hall–Kier alpha value is -1.84. The van der Waals surface area contributed by atoms with Crippen LogP contribution in [0.25, 0.3) is 5.69 Å². The van der Waals surface area contributed by atoms with Crippen LogP contribution in [0.15, 0.2) is 35.5 Å². The van der Waals surface area contributed by atoms with Crippen LogP contribution < -0.4 is 0 Å². The smallest absolute Gasteiger partial charge is 0.243 e. The van der Waals surface area contributed by atoms with Crippen molar-refractivity contribution in [1.29, 1.82) is 0 Å².